The largest absolute Gasteiger partial charge is 0.493 e. The van der Waals surface area contributed by atoms with Gasteiger partial charge < -0.3 is 45.0 Å². The first-order valence-electron chi connectivity index (χ1n) is 27.1. The molecule has 4 heterocycles. The first-order chi connectivity index (χ1) is 38.8. The van der Waals surface area contributed by atoms with Crippen LogP contribution in [0.1, 0.15) is 54.4 Å². The van der Waals surface area contributed by atoms with Gasteiger partial charge >= 0.3 is 18.0 Å². The van der Waals surface area contributed by atoms with Crippen LogP contribution in [0.4, 0.5) is 32.3 Å². The Hall–Kier alpha value is -8.41. The van der Waals surface area contributed by atoms with Gasteiger partial charge in [0.1, 0.15) is 0 Å². The van der Waals surface area contributed by atoms with Gasteiger partial charge in [-0.15, -0.1) is 0 Å². The lowest BCUT2D eigenvalue weighted by molar-refractivity contribution is 0.0336. The van der Waals surface area contributed by atoms with Crippen molar-refractivity contribution >= 4 is 62.3 Å². The Balaban J connectivity index is 0.000000179. The average molecular weight is 1060 g/mol. The predicted octanol–water partition coefficient (Wildman–Crippen LogP) is 12.3. The number of rotatable bonds is 15. The lowest BCUT2D eigenvalue weighted by Gasteiger charge is -2.26. The van der Waals surface area contributed by atoms with E-state index in [0.29, 0.717) is 34.1 Å². The number of aromatic nitrogens is 2. The summed E-state index contributed by atoms with van der Waals surface area (Å²) in [7, 11) is 1.63. The van der Waals surface area contributed by atoms with Gasteiger partial charge in [-0.25, -0.2) is 14.4 Å². The van der Waals surface area contributed by atoms with Crippen molar-refractivity contribution in [2.75, 3.05) is 87.6 Å². The van der Waals surface area contributed by atoms with Crippen LogP contribution in [0.25, 0.3) is 43.8 Å². The van der Waals surface area contributed by atoms with Crippen molar-refractivity contribution in [1.82, 2.24) is 19.8 Å². The van der Waals surface area contributed by atoms with Crippen LogP contribution in [0.5, 0.6) is 11.5 Å². The lowest BCUT2D eigenvalue weighted by atomic mass is 9.98. The summed E-state index contributed by atoms with van der Waals surface area (Å²) in [5.41, 5.74) is 9.17. The molecule has 1 aliphatic carbocycles. The molecule has 0 atom stereocenters. The molecule has 11 rings (SSSR count). The van der Waals surface area contributed by atoms with Crippen molar-refractivity contribution in [2.24, 2.45) is 0 Å². The molecule has 3 aliphatic rings. The second-order valence-corrected chi connectivity index (χ2v) is 19.6. The standard InChI is InChI=1S/C33H36N4O4.C30H30N4O4/c1-39-31-15-12-24(20-32(31)41-26-6-2-3-7-26)35-33(38)36-30-14-13-27(28-8-4-5-9-29(28)30)23-10-11-25(34-21-23)22-37-16-18-40-19-17-37;1-2-38-29(35)21-6-5-7-23(18-21)32-30(36)33-28-13-12-25(26-8-3-4-9-27(26)28)22-10-11-24(31-19-22)20-34-14-16-37-17-15-34/h4-5,8-15,20-21,26H,2-3,6-7,16-19,22H2,1H3,(H2,35,36,38);3-13,18-19H,2,14-17,20H2,1H3,(H2,32,33,36). The molecule has 6 aromatic carbocycles. The number of nitrogens with one attached hydrogen (secondary N) is 4. The number of carbonyl (C=O) groups excluding carboxylic acids is 3. The van der Waals surface area contributed by atoms with E-state index in [2.05, 4.69) is 61.4 Å². The van der Waals surface area contributed by atoms with Crippen LogP contribution in [0.3, 0.4) is 0 Å². The summed E-state index contributed by atoms with van der Waals surface area (Å²) in [6.45, 7) is 10.5. The molecule has 3 fully saturated rings. The summed E-state index contributed by atoms with van der Waals surface area (Å²) in [5.74, 6) is 0.881. The number of benzene rings is 6. The molecule has 16 heteroatoms. The predicted molar refractivity (Wildman–Crippen MR) is 310 cm³/mol. The van der Waals surface area contributed by atoms with E-state index in [1.165, 1.54) is 12.8 Å². The van der Waals surface area contributed by atoms with Crippen LogP contribution in [0.15, 0.2) is 152 Å². The van der Waals surface area contributed by atoms with Crippen molar-refractivity contribution in [3.8, 4) is 33.8 Å². The molecule has 4 N–H and O–H groups in total. The van der Waals surface area contributed by atoms with Gasteiger partial charge in [-0.3, -0.25) is 19.8 Å². The fourth-order valence-corrected chi connectivity index (χ4v) is 10.2. The van der Waals surface area contributed by atoms with Gasteiger partial charge in [0.05, 0.1) is 74.6 Å². The maximum atomic E-state index is 13.1. The summed E-state index contributed by atoms with van der Waals surface area (Å²) in [5, 5.41) is 15.7. The average Bonchev–Trinajstić information content (AvgIpc) is 4.07. The third-order valence-electron chi connectivity index (χ3n) is 14.2. The Morgan fingerprint density at radius 1 is 0.557 bits per heavy atom. The van der Waals surface area contributed by atoms with Crippen LogP contribution >= 0.6 is 0 Å². The number of hydrogen-bond donors (Lipinski definition) is 4. The summed E-state index contributed by atoms with van der Waals surface area (Å²) >= 11 is 0. The molecule has 79 heavy (non-hydrogen) atoms. The van der Waals surface area contributed by atoms with Crippen molar-refractivity contribution in [3.05, 3.63) is 169 Å². The van der Waals surface area contributed by atoms with E-state index >= 15 is 0 Å². The minimum Gasteiger partial charge on any atom is -0.493 e. The molecule has 1 saturated carbocycles. The van der Waals surface area contributed by atoms with E-state index in [9.17, 15) is 14.4 Å². The topological polar surface area (TPSA) is 178 Å². The van der Waals surface area contributed by atoms with Gasteiger partial charge in [0.15, 0.2) is 11.5 Å². The van der Waals surface area contributed by atoms with E-state index in [-0.39, 0.29) is 18.7 Å². The normalized spacial score (nSPS) is 14.9. The summed E-state index contributed by atoms with van der Waals surface area (Å²) in [6, 6.07) is 43.7. The van der Waals surface area contributed by atoms with Crippen LogP contribution in [-0.2, 0) is 27.3 Å². The lowest BCUT2D eigenvalue weighted by Crippen LogP contribution is -2.35. The highest BCUT2D eigenvalue weighted by Crippen LogP contribution is 2.37. The van der Waals surface area contributed by atoms with E-state index in [1.54, 1.807) is 38.3 Å². The Kier molecular flexibility index (Phi) is 18.0. The molecule has 2 aliphatic heterocycles. The number of anilines is 4. The quantitative estimate of drug-likeness (QED) is 0.0716. The zero-order valence-electron chi connectivity index (χ0n) is 44.7. The first-order valence-corrected chi connectivity index (χ1v) is 27.1. The van der Waals surface area contributed by atoms with Crippen LogP contribution < -0.4 is 30.7 Å². The zero-order valence-corrected chi connectivity index (χ0v) is 44.7. The number of esters is 1. The number of amides is 4. The minimum absolute atomic E-state index is 0.189. The molecule has 0 bridgehead atoms. The van der Waals surface area contributed by atoms with Crippen molar-refractivity contribution in [2.45, 2.75) is 51.8 Å². The van der Waals surface area contributed by atoms with Crippen LogP contribution in [0, 0.1) is 0 Å². The van der Waals surface area contributed by atoms with Gasteiger partial charge in [-0.1, -0.05) is 78.9 Å². The molecule has 0 radical (unpaired) electrons. The number of pyridine rings is 2. The third kappa shape index (κ3) is 14.0. The highest BCUT2D eigenvalue weighted by atomic mass is 16.5. The van der Waals surface area contributed by atoms with E-state index in [4.69, 9.17) is 33.7 Å². The number of urea groups is 2. The molecule has 16 nitrogen and oxygen atoms in total. The summed E-state index contributed by atoms with van der Waals surface area (Å²) in [6.07, 6.45) is 8.47. The number of nitrogens with zero attached hydrogens (tertiary/aromatic N) is 4. The van der Waals surface area contributed by atoms with Crippen molar-refractivity contribution < 1.29 is 38.1 Å². The number of carbonyl (C=O) groups is 3. The van der Waals surface area contributed by atoms with Crippen LogP contribution in [-0.4, -0.2) is 110 Å². The Bertz CT molecular complexity index is 3380. The molecule has 0 unspecified atom stereocenters. The van der Waals surface area contributed by atoms with Crippen molar-refractivity contribution in [3.63, 3.8) is 0 Å². The van der Waals surface area contributed by atoms with Gasteiger partial charge in [-0.05, 0) is 109 Å². The second-order valence-electron chi connectivity index (χ2n) is 19.6. The number of hydrogen-bond acceptors (Lipinski definition) is 12. The highest BCUT2D eigenvalue weighted by molar-refractivity contribution is 6.11. The number of fused-ring (bicyclic) bond motifs is 2. The minimum atomic E-state index is -0.429. The molecule has 0 spiro atoms. The fraction of sp³-hybridized carbons (Fsp3) is 0.286. The SMILES string of the molecule is CCOC(=O)c1cccc(NC(=O)Nc2ccc(-c3ccc(CN4CCOCC4)nc3)c3ccccc23)c1.COc1ccc(NC(=O)Nc2ccc(-c3ccc(CN4CCOCC4)nc3)c3ccccc23)cc1OC1CCCC1. The second kappa shape index (κ2) is 26.3. The highest BCUT2D eigenvalue weighted by Gasteiger charge is 2.21. The third-order valence-corrected chi connectivity index (χ3v) is 14.2. The molecule has 406 valence electrons. The molecule has 4 amide bonds. The van der Waals surface area contributed by atoms with Gasteiger partial charge in [-0.2, -0.15) is 0 Å². The summed E-state index contributed by atoms with van der Waals surface area (Å²) in [4.78, 5) is 52.1. The zero-order chi connectivity index (χ0) is 54.3. The first kappa shape index (κ1) is 54.0. The van der Waals surface area contributed by atoms with E-state index in [0.717, 1.165) is 139 Å². The monoisotopic (exact) mass is 1060 g/mol. The molecule has 2 saturated heterocycles. The smallest absolute Gasteiger partial charge is 0.338 e. The Morgan fingerprint density at radius 2 is 1.08 bits per heavy atom. The number of morpholine rings is 2. The molecule has 8 aromatic rings. The van der Waals surface area contributed by atoms with E-state index in [1.807, 2.05) is 97.3 Å². The van der Waals surface area contributed by atoms with Gasteiger partial charge in [0, 0.05) is 91.0 Å². The molecular weight excluding hydrogens is 997 g/mol. The van der Waals surface area contributed by atoms with Gasteiger partial charge in [0.25, 0.3) is 0 Å². The number of ether oxygens (including phenoxy) is 5. The Labute approximate surface area is 460 Å². The Morgan fingerprint density at radius 3 is 1.57 bits per heavy atom. The fourth-order valence-electron chi connectivity index (χ4n) is 10.2. The summed E-state index contributed by atoms with van der Waals surface area (Å²) < 4.78 is 27.6. The van der Waals surface area contributed by atoms with Crippen LogP contribution in [0.2, 0.25) is 0 Å². The number of methoxy groups -OCH3 is 1. The van der Waals surface area contributed by atoms with Gasteiger partial charge in [0.2, 0.25) is 0 Å². The van der Waals surface area contributed by atoms with E-state index < -0.39 is 12.0 Å². The van der Waals surface area contributed by atoms with Crippen molar-refractivity contribution in [1.29, 1.82) is 0 Å². The maximum absolute atomic E-state index is 13.1. The maximum Gasteiger partial charge on any atom is 0.338 e. The molecule has 2 aromatic heterocycles. The molecular formula is C63H66N8O8.